The molecule has 1 saturated heterocycles. The Morgan fingerprint density at radius 1 is 1.44 bits per heavy atom. The molecule has 0 bridgehead atoms. The predicted octanol–water partition coefficient (Wildman–Crippen LogP) is 2.31. The number of thioether (sulfide) groups is 1. The van der Waals surface area contributed by atoms with E-state index in [4.69, 9.17) is 0 Å². The maximum Gasteiger partial charge on any atom is 0.326 e. The van der Waals surface area contributed by atoms with E-state index in [1.54, 1.807) is 0 Å². The molecule has 0 aliphatic carbocycles. The second-order valence-corrected chi connectivity index (χ2v) is 5.96. The van der Waals surface area contributed by atoms with Crippen molar-refractivity contribution in [3.05, 3.63) is 22.4 Å². The lowest BCUT2D eigenvalue weighted by molar-refractivity contribution is -0.143. The van der Waals surface area contributed by atoms with Crippen molar-refractivity contribution in [1.82, 2.24) is 4.90 Å². The van der Waals surface area contributed by atoms with Gasteiger partial charge in [0, 0.05) is 23.7 Å². The van der Waals surface area contributed by atoms with Gasteiger partial charge in [-0.2, -0.15) is 11.8 Å². The summed E-state index contributed by atoms with van der Waals surface area (Å²) in [4.78, 5) is 14.4. The van der Waals surface area contributed by atoms with Crippen LogP contribution in [0.5, 0.6) is 0 Å². The first-order chi connectivity index (χ1) is 7.79. The van der Waals surface area contributed by atoms with Gasteiger partial charge in [-0.15, -0.1) is 11.3 Å². The van der Waals surface area contributed by atoms with Gasteiger partial charge in [0.2, 0.25) is 0 Å². The van der Waals surface area contributed by atoms with E-state index in [-0.39, 0.29) is 0 Å². The smallest absolute Gasteiger partial charge is 0.326 e. The maximum atomic E-state index is 11.4. The number of hydrogen-bond acceptors (Lipinski definition) is 4. The molecule has 16 heavy (non-hydrogen) atoms. The van der Waals surface area contributed by atoms with Crippen molar-refractivity contribution >= 4 is 29.1 Å². The monoisotopic (exact) mass is 257 g/mol. The number of nitrogens with zero attached hydrogens (tertiary/aromatic N) is 1. The van der Waals surface area contributed by atoms with E-state index < -0.39 is 12.0 Å². The Hall–Kier alpha value is -0.520. The maximum absolute atomic E-state index is 11.4. The number of rotatable bonds is 3. The highest BCUT2D eigenvalue weighted by Crippen LogP contribution is 2.27. The lowest BCUT2D eigenvalue weighted by Crippen LogP contribution is -2.35. The number of thiophene rings is 1. The van der Waals surface area contributed by atoms with Crippen LogP contribution in [0.2, 0.25) is 0 Å². The van der Waals surface area contributed by atoms with Crippen LogP contribution in [0.15, 0.2) is 17.5 Å². The topological polar surface area (TPSA) is 40.5 Å². The molecule has 1 N–H and O–H groups in total. The van der Waals surface area contributed by atoms with Crippen LogP contribution in [0.4, 0.5) is 0 Å². The normalized spacial score (nSPS) is 20.2. The highest BCUT2D eigenvalue weighted by atomic mass is 32.2. The molecule has 3 nitrogen and oxygen atoms in total. The van der Waals surface area contributed by atoms with Crippen molar-refractivity contribution < 1.29 is 9.90 Å². The van der Waals surface area contributed by atoms with Crippen LogP contribution in [0.1, 0.15) is 17.3 Å². The van der Waals surface area contributed by atoms with Gasteiger partial charge in [0.1, 0.15) is 6.04 Å². The minimum atomic E-state index is -0.727. The van der Waals surface area contributed by atoms with Crippen LogP contribution in [-0.2, 0) is 4.79 Å². The second-order valence-electron chi connectivity index (χ2n) is 3.76. The van der Waals surface area contributed by atoms with Gasteiger partial charge in [0.15, 0.2) is 0 Å². The Labute approximate surface area is 103 Å². The van der Waals surface area contributed by atoms with Crippen LogP contribution in [0, 0.1) is 0 Å². The summed E-state index contributed by atoms with van der Waals surface area (Å²) >= 11 is 3.45. The van der Waals surface area contributed by atoms with Crippen LogP contribution in [0.25, 0.3) is 0 Å². The van der Waals surface area contributed by atoms with Gasteiger partial charge in [-0.05, 0) is 23.6 Å². The summed E-state index contributed by atoms with van der Waals surface area (Å²) in [6.07, 6.45) is 1.08. The Morgan fingerprint density at radius 3 is 3.00 bits per heavy atom. The molecule has 1 aromatic heterocycles. The van der Waals surface area contributed by atoms with E-state index in [1.807, 2.05) is 29.3 Å². The number of carboxylic acid groups (broad SMARTS) is 1. The highest BCUT2D eigenvalue weighted by molar-refractivity contribution is 7.99. The Kier molecular flexibility index (Phi) is 4.26. The zero-order chi connectivity index (χ0) is 11.4. The zero-order valence-corrected chi connectivity index (χ0v) is 10.6. The fourth-order valence-electron chi connectivity index (χ4n) is 1.93. The largest absolute Gasteiger partial charge is 0.480 e. The lowest BCUT2D eigenvalue weighted by atomic mass is 10.2. The average Bonchev–Trinajstić information content (AvgIpc) is 2.62. The van der Waals surface area contributed by atoms with Gasteiger partial charge in [-0.3, -0.25) is 9.69 Å². The molecule has 0 saturated carbocycles. The molecule has 1 aliphatic heterocycles. The summed E-state index contributed by atoms with van der Waals surface area (Å²) in [5.74, 6) is 1.46. The van der Waals surface area contributed by atoms with E-state index in [2.05, 4.69) is 4.90 Å². The number of carboxylic acids is 1. The first kappa shape index (κ1) is 12.0. The predicted molar refractivity (Wildman–Crippen MR) is 68.2 cm³/mol. The van der Waals surface area contributed by atoms with E-state index in [0.717, 1.165) is 35.9 Å². The third kappa shape index (κ3) is 2.78. The zero-order valence-electron chi connectivity index (χ0n) is 8.96. The number of carbonyl (C=O) groups is 1. The van der Waals surface area contributed by atoms with Crippen molar-refractivity contribution in [2.24, 2.45) is 0 Å². The number of hydrogen-bond donors (Lipinski definition) is 1. The van der Waals surface area contributed by atoms with Gasteiger partial charge in [0.05, 0.1) is 0 Å². The summed E-state index contributed by atoms with van der Waals surface area (Å²) in [6, 6.07) is 3.39. The summed E-state index contributed by atoms with van der Waals surface area (Å²) in [5, 5.41) is 11.3. The average molecular weight is 257 g/mol. The molecule has 0 amide bonds. The molecule has 1 atom stereocenters. The molecular weight excluding hydrogens is 242 g/mol. The standard InChI is InChI=1S/C11H15NO2S2/c13-11(14)10(9-3-1-7-16-9)12-4-2-6-15-8-5-12/h1,3,7,10H,2,4-6,8H2,(H,13,14). The molecule has 1 aromatic rings. The summed E-state index contributed by atoms with van der Waals surface area (Å²) in [6.45, 7) is 1.77. The minimum absolute atomic E-state index is 0.446. The minimum Gasteiger partial charge on any atom is -0.480 e. The third-order valence-corrected chi connectivity index (χ3v) is 4.64. The molecule has 0 spiro atoms. The highest BCUT2D eigenvalue weighted by Gasteiger charge is 2.28. The molecule has 1 fully saturated rings. The molecule has 0 aromatic carbocycles. The van der Waals surface area contributed by atoms with Crippen molar-refractivity contribution in [3.8, 4) is 0 Å². The summed E-state index contributed by atoms with van der Waals surface area (Å²) in [5.41, 5.74) is 0. The fraction of sp³-hybridized carbons (Fsp3) is 0.545. The SMILES string of the molecule is O=C(O)C(c1cccs1)N1CCCSCC1. The molecule has 5 heteroatoms. The van der Waals surface area contributed by atoms with E-state index in [9.17, 15) is 9.90 Å². The van der Waals surface area contributed by atoms with Crippen LogP contribution in [-0.4, -0.2) is 40.6 Å². The molecule has 1 aliphatic rings. The van der Waals surface area contributed by atoms with Gasteiger partial charge in [-0.25, -0.2) is 0 Å². The van der Waals surface area contributed by atoms with Gasteiger partial charge < -0.3 is 5.11 Å². The fourth-order valence-corrected chi connectivity index (χ4v) is 3.68. The van der Waals surface area contributed by atoms with Crippen LogP contribution >= 0.6 is 23.1 Å². The Bertz CT molecular complexity index is 332. The van der Waals surface area contributed by atoms with Crippen molar-refractivity contribution in [3.63, 3.8) is 0 Å². The molecular formula is C11H15NO2S2. The van der Waals surface area contributed by atoms with Gasteiger partial charge in [-0.1, -0.05) is 6.07 Å². The Balaban J connectivity index is 2.15. The molecule has 2 rings (SSSR count). The van der Waals surface area contributed by atoms with E-state index >= 15 is 0 Å². The first-order valence-electron chi connectivity index (χ1n) is 5.37. The van der Waals surface area contributed by atoms with E-state index in [1.165, 1.54) is 11.3 Å². The van der Waals surface area contributed by atoms with Crippen molar-refractivity contribution in [2.75, 3.05) is 24.6 Å². The van der Waals surface area contributed by atoms with Gasteiger partial charge >= 0.3 is 5.97 Å². The van der Waals surface area contributed by atoms with Crippen LogP contribution in [0.3, 0.4) is 0 Å². The summed E-state index contributed by atoms with van der Waals surface area (Å²) in [7, 11) is 0. The Morgan fingerprint density at radius 2 is 2.31 bits per heavy atom. The molecule has 2 heterocycles. The summed E-state index contributed by atoms with van der Waals surface area (Å²) < 4.78 is 0. The van der Waals surface area contributed by atoms with Crippen LogP contribution < -0.4 is 0 Å². The molecule has 1 unspecified atom stereocenters. The third-order valence-electron chi connectivity index (χ3n) is 2.67. The van der Waals surface area contributed by atoms with Crippen molar-refractivity contribution in [1.29, 1.82) is 0 Å². The second kappa shape index (κ2) is 5.70. The van der Waals surface area contributed by atoms with E-state index in [0.29, 0.717) is 0 Å². The quantitative estimate of drug-likeness (QED) is 0.902. The first-order valence-corrected chi connectivity index (χ1v) is 7.40. The van der Waals surface area contributed by atoms with Gasteiger partial charge in [0.25, 0.3) is 0 Å². The molecule has 0 radical (unpaired) electrons. The molecule has 88 valence electrons. The number of aliphatic carboxylic acids is 1. The van der Waals surface area contributed by atoms with Crippen molar-refractivity contribution in [2.45, 2.75) is 12.5 Å². The lowest BCUT2D eigenvalue weighted by Gasteiger charge is -2.26.